The molecular weight excluding hydrogens is 507 g/mol. The van der Waals surface area contributed by atoms with E-state index >= 15 is 0 Å². The predicted molar refractivity (Wildman–Crippen MR) is 131 cm³/mol. The molecular formula is C25H26F3N5O5. The molecule has 38 heavy (non-hydrogen) atoms. The lowest BCUT2D eigenvalue weighted by atomic mass is 10.2. The maximum absolute atomic E-state index is 13.6. The normalized spacial score (nSPS) is 17.6. The standard InChI is InChI=1S/C25H26F3N5O5/c1-15-6-7-16(29-13-15)14-33-19-20(31(2)23(35)32(21(19)34)11-10-24(36)8-9-24)30-22(33)37-17-4-3-5-18(12-17)38-25(26,27)28/h3-7,12-13,22,30,36H,8-11,14H2,1-2H3. The average molecular weight is 534 g/mol. The molecule has 2 N–H and O–H groups in total. The Labute approximate surface area is 214 Å². The van der Waals surface area contributed by atoms with Crippen LogP contribution in [0.3, 0.4) is 0 Å². The Bertz CT molecular complexity index is 1460. The van der Waals surface area contributed by atoms with Gasteiger partial charge < -0.3 is 24.8 Å². The molecule has 1 saturated carbocycles. The van der Waals surface area contributed by atoms with Crippen LogP contribution >= 0.6 is 0 Å². The molecule has 5 rings (SSSR count). The number of aromatic nitrogens is 3. The summed E-state index contributed by atoms with van der Waals surface area (Å²) in [4.78, 5) is 32.6. The van der Waals surface area contributed by atoms with Gasteiger partial charge in [0, 0.05) is 25.9 Å². The number of hydrogen-bond acceptors (Lipinski definition) is 8. The number of anilines is 2. The highest BCUT2D eigenvalue weighted by Gasteiger charge is 2.41. The van der Waals surface area contributed by atoms with Crippen molar-refractivity contribution in [1.29, 1.82) is 0 Å². The van der Waals surface area contributed by atoms with Crippen molar-refractivity contribution in [3.8, 4) is 11.5 Å². The summed E-state index contributed by atoms with van der Waals surface area (Å²) >= 11 is 0. The maximum Gasteiger partial charge on any atom is 0.573 e. The minimum atomic E-state index is -4.87. The molecule has 3 aromatic rings. The van der Waals surface area contributed by atoms with E-state index in [1.165, 1.54) is 23.7 Å². The van der Waals surface area contributed by atoms with Gasteiger partial charge in [0.1, 0.15) is 23.0 Å². The van der Waals surface area contributed by atoms with Gasteiger partial charge in [0.05, 0.1) is 17.8 Å². The van der Waals surface area contributed by atoms with Gasteiger partial charge in [-0.25, -0.2) is 4.79 Å². The quantitative estimate of drug-likeness (QED) is 0.455. The number of fused-ring (bicyclic) bond motifs is 1. The summed E-state index contributed by atoms with van der Waals surface area (Å²) in [7, 11) is 1.50. The zero-order chi connectivity index (χ0) is 27.2. The van der Waals surface area contributed by atoms with Crippen LogP contribution in [0.2, 0.25) is 0 Å². The van der Waals surface area contributed by atoms with E-state index in [-0.39, 0.29) is 36.8 Å². The van der Waals surface area contributed by atoms with Crippen LogP contribution in [0, 0.1) is 6.92 Å². The Balaban J connectivity index is 1.51. The number of halogens is 3. The SMILES string of the molecule is Cc1ccc(CN2c3c(n(C)c(=O)n(CCC4(O)CC4)c3=O)NC2Oc2cccc(OC(F)(F)F)c2)nc1. The molecule has 0 saturated heterocycles. The molecule has 0 bridgehead atoms. The molecule has 1 aliphatic heterocycles. The van der Waals surface area contributed by atoms with Crippen molar-refractivity contribution in [3.63, 3.8) is 0 Å². The second-order valence-electron chi connectivity index (χ2n) is 9.56. The van der Waals surface area contributed by atoms with Crippen LogP contribution in [0.25, 0.3) is 0 Å². The zero-order valence-corrected chi connectivity index (χ0v) is 20.7. The number of alkyl halides is 3. The van der Waals surface area contributed by atoms with Crippen molar-refractivity contribution in [2.45, 2.75) is 57.6 Å². The number of nitrogens with zero attached hydrogens (tertiary/aromatic N) is 4. The van der Waals surface area contributed by atoms with Gasteiger partial charge >= 0.3 is 12.1 Å². The molecule has 1 aliphatic carbocycles. The molecule has 1 fully saturated rings. The first-order valence-electron chi connectivity index (χ1n) is 12.0. The molecule has 10 nitrogen and oxygen atoms in total. The third-order valence-corrected chi connectivity index (χ3v) is 6.58. The molecule has 1 unspecified atom stereocenters. The van der Waals surface area contributed by atoms with Gasteiger partial charge in [0.15, 0.2) is 0 Å². The Hall–Kier alpha value is -4.00. The van der Waals surface area contributed by atoms with Crippen molar-refractivity contribution in [2.24, 2.45) is 7.05 Å². The summed E-state index contributed by atoms with van der Waals surface area (Å²) in [5.41, 5.74) is -0.328. The summed E-state index contributed by atoms with van der Waals surface area (Å²) in [5.74, 6) is -0.230. The third kappa shape index (κ3) is 5.32. The fraction of sp³-hybridized carbons (Fsp3) is 0.400. The lowest BCUT2D eigenvalue weighted by molar-refractivity contribution is -0.274. The van der Waals surface area contributed by atoms with Crippen LogP contribution < -0.4 is 30.9 Å². The molecule has 0 spiro atoms. The largest absolute Gasteiger partial charge is 0.573 e. The number of rotatable bonds is 8. The first-order valence-corrected chi connectivity index (χ1v) is 12.0. The summed E-state index contributed by atoms with van der Waals surface area (Å²) in [5, 5.41) is 13.3. The predicted octanol–water partition coefficient (Wildman–Crippen LogP) is 2.86. The Morgan fingerprint density at radius 2 is 1.92 bits per heavy atom. The number of pyridine rings is 1. The van der Waals surface area contributed by atoms with Gasteiger partial charge in [-0.15, -0.1) is 13.2 Å². The van der Waals surface area contributed by atoms with E-state index in [2.05, 4.69) is 15.0 Å². The van der Waals surface area contributed by atoms with Crippen LogP contribution in [0.1, 0.15) is 30.5 Å². The summed E-state index contributed by atoms with van der Waals surface area (Å²) in [6.07, 6.45) is -2.76. The van der Waals surface area contributed by atoms with Gasteiger partial charge in [-0.1, -0.05) is 12.1 Å². The van der Waals surface area contributed by atoms with E-state index in [0.717, 1.165) is 22.3 Å². The lowest BCUT2D eigenvalue weighted by Gasteiger charge is -2.26. The molecule has 2 aliphatic rings. The van der Waals surface area contributed by atoms with E-state index in [1.807, 2.05) is 13.0 Å². The number of nitrogens with one attached hydrogen (secondary N) is 1. The highest BCUT2D eigenvalue weighted by Crippen LogP contribution is 2.39. The molecule has 1 aromatic carbocycles. The summed E-state index contributed by atoms with van der Waals surface area (Å²) in [6.45, 7) is 2.02. The molecule has 13 heteroatoms. The monoisotopic (exact) mass is 533 g/mol. The molecule has 3 heterocycles. The molecule has 0 amide bonds. The Morgan fingerprint density at radius 3 is 2.58 bits per heavy atom. The van der Waals surface area contributed by atoms with Crippen molar-refractivity contribution in [1.82, 2.24) is 14.1 Å². The van der Waals surface area contributed by atoms with Gasteiger partial charge in [-0.3, -0.25) is 18.9 Å². The van der Waals surface area contributed by atoms with E-state index in [4.69, 9.17) is 4.74 Å². The Kier molecular flexibility index (Phi) is 6.33. The minimum absolute atomic E-state index is 0.0360. The molecule has 202 valence electrons. The first kappa shape index (κ1) is 25.6. The lowest BCUT2D eigenvalue weighted by Crippen LogP contribution is -2.44. The highest BCUT2D eigenvalue weighted by atomic mass is 19.4. The topological polar surface area (TPSA) is 111 Å². The van der Waals surface area contributed by atoms with Crippen molar-refractivity contribution >= 4 is 11.5 Å². The number of hydrogen-bond donors (Lipinski definition) is 2. The average Bonchev–Trinajstić information content (AvgIpc) is 3.48. The van der Waals surface area contributed by atoms with E-state index in [0.29, 0.717) is 18.5 Å². The van der Waals surface area contributed by atoms with Gasteiger partial charge in [-0.2, -0.15) is 0 Å². The smallest absolute Gasteiger partial charge is 0.452 e. The van der Waals surface area contributed by atoms with Crippen molar-refractivity contribution in [2.75, 3.05) is 10.2 Å². The number of aliphatic hydroxyl groups is 1. The van der Waals surface area contributed by atoms with Gasteiger partial charge in [0.25, 0.3) is 11.9 Å². The highest BCUT2D eigenvalue weighted by molar-refractivity contribution is 5.71. The van der Waals surface area contributed by atoms with Gasteiger partial charge in [0.2, 0.25) is 0 Å². The van der Waals surface area contributed by atoms with Crippen LogP contribution in [0.5, 0.6) is 11.5 Å². The summed E-state index contributed by atoms with van der Waals surface area (Å²) in [6, 6.07) is 8.65. The Morgan fingerprint density at radius 1 is 1.18 bits per heavy atom. The molecule has 2 aromatic heterocycles. The second kappa shape index (κ2) is 9.39. The summed E-state index contributed by atoms with van der Waals surface area (Å²) < 4.78 is 50.5. The number of aryl methyl sites for hydroxylation is 1. The second-order valence-corrected chi connectivity index (χ2v) is 9.56. The van der Waals surface area contributed by atoms with Crippen molar-refractivity contribution < 1.29 is 27.8 Å². The van der Waals surface area contributed by atoms with E-state index in [1.54, 1.807) is 17.2 Å². The fourth-order valence-electron chi connectivity index (χ4n) is 4.29. The van der Waals surface area contributed by atoms with Gasteiger partial charge in [-0.05, 0) is 49.9 Å². The first-order chi connectivity index (χ1) is 17.9. The number of benzene rings is 1. The van der Waals surface area contributed by atoms with Crippen molar-refractivity contribution in [3.05, 3.63) is 74.7 Å². The fourth-order valence-corrected chi connectivity index (χ4v) is 4.29. The maximum atomic E-state index is 13.6. The van der Waals surface area contributed by atoms with Crippen LogP contribution in [-0.2, 0) is 20.1 Å². The van der Waals surface area contributed by atoms with Crippen LogP contribution in [-0.4, -0.2) is 37.5 Å². The number of ether oxygens (including phenoxy) is 2. The van der Waals surface area contributed by atoms with Crippen LogP contribution in [0.4, 0.5) is 24.7 Å². The molecule has 0 radical (unpaired) electrons. The van der Waals surface area contributed by atoms with Crippen LogP contribution in [0.15, 0.2) is 52.2 Å². The third-order valence-electron chi connectivity index (χ3n) is 6.58. The minimum Gasteiger partial charge on any atom is -0.452 e. The van der Waals surface area contributed by atoms with E-state index in [9.17, 15) is 27.9 Å². The van der Waals surface area contributed by atoms with E-state index < -0.39 is 35.3 Å². The molecule has 1 atom stereocenters. The zero-order valence-electron chi connectivity index (χ0n) is 20.7.